The number of fused-ring (bicyclic) bond motifs is 1. The van der Waals surface area contributed by atoms with Gasteiger partial charge in [-0.1, -0.05) is 30.3 Å². The van der Waals surface area contributed by atoms with Gasteiger partial charge in [0.1, 0.15) is 6.04 Å². The molecule has 3 N–H and O–H groups in total. The fourth-order valence-electron chi connectivity index (χ4n) is 4.64. The van der Waals surface area contributed by atoms with E-state index in [1.54, 1.807) is 0 Å². The van der Waals surface area contributed by atoms with Crippen molar-refractivity contribution in [3.05, 3.63) is 35.9 Å². The molecule has 0 saturated carbocycles. The summed E-state index contributed by atoms with van der Waals surface area (Å²) in [5.41, 5.74) is 8.00. The van der Waals surface area contributed by atoms with Gasteiger partial charge in [0.25, 0.3) is 0 Å². The second kappa shape index (κ2) is 8.04. The van der Waals surface area contributed by atoms with Gasteiger partial charge in [-0.3, -0.25) is 10.2 Å². The molecule has 0 radical (unpaired) electrons. The van der Waals surface area contributed by atoms with Gasteiger partial charge in [-0.25, -0.2) is 5.43 Å². The molecular formula is C19H29ClN4O. The molecule has 25 heavy (non-hydrogen) atoms. The Bertz CT molecular complexity index is 584. The second-order valence-corrected chi connectivity index (χ2v) is 7.54. The number of hydrogen-bond donors (Lipinski definition) is 3. The second-order valence-electron chi connectivity index (χ2n) is 7.54. The Hall–Kier alpha value is -1.14. The summed E-state index contributed by atoms with van der Waals surface area (Å²) in [7, 11) is 0. The lowest BCUT2D eigenvalue weighted by Gasteiger charge is -2.32. The minimum atomic E-state index is -0.0827. The van der Waals surface area contributed by atoms with Crippen LogP contribution < -0.4 is 16.2 Å². The minimum Gasteiger partial charge on any atom is -0.338 e. The van der Waals surface area contributed by atoms with Gasteiger partial charge in [0.05, 0.1) is 0 Å². The summed E-state index contributed by atoms with van der Waals surface area (Å²) < 4.78 is 0. The number of likely N-dealkylation sites (tertiary alicyclic amines) is 1. The number of carbonyl (C=O) groups is 1. The number of halogens is 1. The number of nitrogens with one attached hydrogen (secondary N) is 3. The summed E-state index contributed by atoms with van der Waals surface area (Å²) in [6.07, 6.45) is 3.26. The molecule has 1 aromatic carbocycles. The van der Waals surface area contributed by atoms with Gasteiger partial charge in [-0.15, -0.1) is 12.4 Å². The van der Waals surface area contributed by atoms with E-state index >= 15 is 0 Å². The molecule has 3 aliphatic heterocycles. The SMILES string of the molecule is CC1C(Cc2ccccc2)CCN1C(=O)C1NNC2CCNCC21.Cl. The number of carbonyl (C=O) groups excluding carboxylic acids is 1. The molecule has 3 fully saturated rings. The van der Waals surface area contributed by atoms with Gasteiger partial charge in [-0.05, 0) is 44.2 Å². The number of hydrogen-bond acceptors (Lipinski definition) is 4. The standard InChI is InChI=1S/C19H28N4O.ClH/c1-13-15(11-14-5-3-2-4-6-14)8-10-23(13)19(24)18-16-12-20-9-7-17(16)21-22-18;/h2-6,13,15-18,20-22H,7-12H2,1H3;1H. The van der Waals surface area contributed by atoms with Crippen molar-refractivity contribution in [1.29, 1.82) is 0 Å². The van der Waals surface area contributed by atoms with E-state index in [9.17, 15) is 4.79 Å². The summed E-state index contributed by atoms with van der Waals surface area (Å²) in [5.74, 6) is 1.21. The van der Waals surface area contributed by atoms with Crippen LogP contribution in [-0.4, -0.2) is 48.6 Å². The van der Waals surface area contributed by atoms with Crippen LogP contribution in [0, 0.1) is 11.8 Å². The van der Waals surface area contributed by atoms with Crippen molar-refractivity contribution < 1.29 is 4.79 Å². The molecule has 4 rings (SSSR count). The zero-order valence-corrected chi connectivity index (χ0v) is 15.6. The van der Waals surface area contributed by atoms with E-state index in [1.165, 1.54) is 5.56 Å². The van der Waals surface area contributed by atoms with Crippen molar-refractivity contribution in [3.63, 3.8) is 0 Å². The van der Waals surface area contributed by atoms with Crippen LogP contribution >= 0.6 is 12.4 Å². The monoisotopic (exact) mass is 364 g/mol. The Labute approximate surface area is 156 Å². The van der Waals surface area contributed by atoms with Gasteiger partial charge < -0.3 is 10.2 Å². The number of hydrazine groups is 1. The zero-order chi connectivity index (χ0) is 16.5. The Balaban J connectivity index is 0.00000182. The first-order valence-corrected chi connectivity index (χ1v) is 9.30. The lowest BCUT2D eigenvalue weighted by molar-refractivity contribution is -0.135. The van der Waals surface area contributed by atoms with E-state index in [1.807, 2.05) is 0 Å². The first kappa shape index (κ1) is 18.6. The van der Waals surface area contributed by atoms with Gasteiger partial charge in [0.15, 0.2) is 0 Å². The van der Waals surface area contributed by atoms with Crippen LogP contribution in [0.1, 0.15) is 25.3 Å². The molecule has 3 saturated heterocycles. The molecule has 3 aliphatic rings. The first-order valence-electron chi connectivity index (χ1n) is 9.30. The average molecular weight is 365 g/mol. The van der Waals surface area contributed by atoms with Crippen LogP contribution in [0.5, 0.6) is 0 Å². The maximum atomic E-state index is 13.1. The lowest BCUT2D eigenvalue weighted by Crippen LogP contribution is -2.51. The largest absolute Gasteiger partial charge is 0.338 e. The summed E-state index contributed by atoms with van der Waals surface area (Å²) in [5, 5.41) is 3.43. The van der Waals surface area contributed by atoms with E-state index in [2.05, 4.69) is 58.3 Å². The van der Waals surface area contributed by atoms with E-state index in [0.29, 0.717) is 23.9 Å². The molecule has 1 aromatic rings. The summed E-state index contributed by atoms with van der Waals surface area (Å²) in [6, 6.07) is 11.3. The first-order chi connectivity index (χ1) is 11.7. The molecule has 0 bridgehead atoms. The smallest absolute Gasteiger partial charge is 0.241 e. The fraction of sp³-hybridized carbons (Fsp3) is 0.632. The van der Waals surface area contributed by atoms with Gasteiger partial charge >= 0.3 is 0 Å². The molecule has 5 unspecified atom stereocenters. The summed E-state index contributed by atoms with van der Waals surface area (Å²) in [4.78, 5) is 15.2. The molecule has 3 heterocycles. The summed E-state index contributed by atoms with van der Waals surface area (Å²) in [6.45, 7) is 5.07. The van der Waals surface area contributed by atoms with Crippen LogP contribution in [0.2, 0.25) is 0 Å². The van der Waals surface area contributed by atoms with Gasteiger partial charge in [0.2, 0.25) is 5.91 Å². The highest BCUT2D eigenvalue weighted by atomic mass is 35.5. The number of nitrogens with zero attached hydrogens (tertiary/aromatic N) is 1. The highest BCUT2D eigenvalue weighted by Crippen LogP contribution is 2.30. The van der Waals surface area contributed by atoms with Gasteiger partial charge in [0, 0.05) is 31.1 Å². The number of amides is 1. The third kappa shape index (κ3) is 3.70. The number of piperidine rings is 1. The maximum Gasteiger partial charge on any atom is 0.241 e. The molecule has 0 spiro atoms. The van der Waals surface area contributed by atoms with Crippen molar-refractivity contribution in [3.8, 4) is 0 Å². The zero-order valence-electron chi connectivity index (χ0n) is 14.8. The van der Waals surface area contributed by atoms with Crippen molar-refractivity contribution in [1.82, 2.24) is 21.1 Å². The molecular weight excluding hydrogens is 336 g/mol. The Morgan fingerprint density at radius 1 is 1.20 bits per heavy atom. The summed E-state index contributed by atoms with van der Waals surface area (Å²) >= 11 is 0. The van der Waals surface area contributed by atoms with Crippen LogP contribution in [0.25, 0.3) is 0 Å². The van der Waals surface area contributed by atoms with Gasteiger partial charge in [-0.2, -0.15) is 0 Å². The highest BCUT2D eigenvalue weighted by Gasteiger charge is 2.45. The van der Waals surface area contributed by atoms with Crippen molar-refractivity contribution in [2.75, 3.05) is 19.6 Å². The van der Waals surface area contributed by atoms with Crippen LogP contribution in [0.4, 0.5) is 0 Å². The normalized spacial score (nSPS) is 34.4. The number of benzene rings is 1. The van der Waals surface area contributed by atoms with E-state index < -0.39 is 0 Å². The highest BCUT2D eigenvalue weighted by molar-refractivity contribution is 5.85. The Kier molecular flexibility index (Phi) is 6.00. The van der Waals surface area contributed by atoms with Crippen molar-refractivity contribution >= 4 is 18.3 Å². The topological polar surface area (TPSA) is 56.4 Å². The lowest BCUT2D eigenvalue weighted by atomic mass is 9.88. The molecule has 1 amide bonds. The quantitative estimate of drug-likeness (QED) is 0.757. The van der Waals surface area contributed by atoms with Crippen LogP contribution in [-0.2, 0) is 11.2 Å². The van der Waals surface area contributed by atoms with Crippen molar-refractivity contribution in [2.45, 2.75) is 44.3 Å². The van der Waals surface area contributed by atoms with E-state index in [4.69, 9.17) is 0 Å². The number of rotatable bonds is 3. The van der Waals surface area contributed by atoms with Crippen molar-refractivity contribution in [2.24, 2.45) is 11.8 Å². The third-order valence-corrected chi connectivity index (χ3v) is 6.19. The van der Waals surface area contributed by atoms with E-state index in [0.717, 1.165) is 38.9 Å². The van der Waals surface area contributed by atoms with Crippen LogP contribution in [0.3, 0.4) is 0 Å². The van der Waals surface area contributed by atoms with Crippen LogP contribution in [0.15, 0.2) is 30.3 Å². The minimum absolute atomic E-state index is 0. The molecule has 5 nitrogen and oxygen atoms in total. The molecule has 0 aromatic heterocycles. The molecule has 6 heteroatoms. The Morgan fingerprint density at radius 2 is 2.00 bits per heavy atom. The predicted molar refractivity (Wildman–Crippen MR) is 102 cm³/mol. The predicted octanol–water partition coefficient (Wildman–Crippen LogP) is 1.34. The third-order valence-electron chi connectivity index (χ3n) is 6.19. The Morgan fingerprint density at radius 3 is 2.80 bits per heavy atom. The molecule has 0 aliphatic carbocycles. The molecule has 138 valence electrons. The van der Waals surface area contributed by atoms with E-state index in [-0.39, 0.29) is 24.4 Å². The fourth-order valence-corrected chi connectivity index (χ4v) is 4.64. The average Bonchev–Trinajstić information content (AvgIpc) is 3.20. The molecule has 5 atom stereocenters. The maximum absolute atomic E-state index is 13.1.